The summed E-state index contributed by atoms with van der Waals surface area (Å²) >= 11 is 16.1. The second-order valence-electron chi connectivity index (χ2n) is 4.55. The van der Waals surface area contributed by atoms with E-state index >= 15 is 0 Å². The molecule has 0 bridgehead atoms. The van der Waals surface area contributed by atoms with Crippen molar-refractivity contribution in [2.24, 2.45) is 0 Å². The summed E-state index contributed by atoms with van der Waals surface area (Å²) in [7, 11) is 0. The summed E-state index contributed by atoms with van der Waals surface area (Å²) in [6, 6.07) is 7.78. The summed E-state index contributed by atoms with van der Waals surface area (Å²) in [5, 5.41) is -0.145. The van der Waals surface area contributed by atoms with Crippen LogP contribution < -0.4 is 9.47 Å². The molecule has 0 spiro atoms. The van der Waals surface area contributed by atoms with Crippen molar-refractivity contribution in [3.05, 3.63) is 56.8 Å². The van der Waals surface area contributed by atoms with Crippen molar-refractivity contribution in [2.45, 2.75) is 5.38 Å². The third kappa shape index (κ3) is 2.98. The zero-order valence-electron chi connectivity index (χ0n) is 10.7. The van der Waals surface area contributed by atoms with E-state index in [4.69, 9.17) is 32.7 Å². The highest BCUT2D eigenvalue weighted by atomic mass is 79.9. The van der Waals surface area contributed by atoms with Gasteiger partial charge in [-0.25, -0.2) is 4.39 Å². The molecule has 0 radical (unpaired) electrons. The number of rotatable bonds is 2. The Hall–Kier alpha value is -0.970. The predicted molar refractivity (Wildman–Crippen MR) is 84.2 cm³/mol. The fourth-order valence-electron chi connectivity index (χ4n) is 2.15. The Labute approximate surface area is 139 Å². The molecular formula is C15H10BrCl2FO2. The van der Waals surface area contributed by atoms with Gasteiger partial charge in [0.2, 0.25) is 0 Å². The highest BCUT2D eigenvalue weighted by Gasteiger charge is 2.22. The normalized spacial score (nSPS) is 14.9. The van der Waals surface area contributed by atoms with Crippen molar-refractivity contribution in [1.82, 2.24) is 0 Å². The van der Waals surface area contributed by atoms with Gasteiger partial charge in [-0.3, -0.25) is 0 Å². The van der Waals surface area contributed by atoms with Crippen LogP contribution in [0.25, 0.3) is 0 Å². The van der Waals surface area contributed by atoms with Crippen LogP contribution in [0.1, 0.15) is 16.5 Å². The maximum absolute atomic E-state index is 13.4. The lowest BCUT2D eigenvalue weighted by atomic mass is 10.0. The van der Waals surface area contributed by atoms with Crippen molar-refractivity contribution < 1.29 is 13.9 Å². The topological polar surface area (TPSA) is 18.5 Å². The highest BCUT2D eigenvalue weighted by molar-refractivity contribution is 9.10. The number of hydrogen-bond donors (Lipinski definition) is 0. The van der Waals surface area contributed by atoms with Gasteiger partial charge < -0.3 is 9.47 Å². The SMILES string of the molecule is Fc1ccc(Br)c(C(Cl)c2cc3c(cc2Cl)OCCO3)c1. The van der Waals surface area contributed by atoms with E-state index in [1.807, 2.05) is 0 Å². The summed E-state index contributed by atoms with van der Waals surface area (Å²) in [5.41, 5.74) is 1.25. The second-order valence-corrected chi connectivity index (χ2v) is 6.24. The van der Waals surface area contributed by atoms with Crippen LogP contribution in [0.15, 0.2) is 34.8 Å². The van der Waals surface area contributed by atoms with Gasteiger partial charge in [0, 0.05) is 15.6 Å². The van der Waals surface area contributed by atoms with Crippen LogP contribution in [-0.4, -0.2) is 13.2 Å². The Morgan fingerprint density at radius 1 is 1.05 bits per heavy atom. The largest absolute Gasteiger partial charge is 0.486 e. The molecule has 3 rings (SSSR count). The highest BCUT2D eigenvalue weighted by Crippen LogP contribution is 2.43. The van der Waals surface area contributed by atoms with Gasteiger partial charge >= 0.3 is 0 Å². The molecule has 0 aliphatic carbocycles. The third-order valence-electron chi connectivity index (χ3n) is 3.17. The second kappa shape index (κ2) is 6.03. The van der Waals surface area contributed by atoms with Gasteiger partial charge in [0.05, 0.1) is 5.38 Å². The minimum Gasteiger partial charge on any atom is -0.486 e. The molecular weight excluding hydrogens is 382 g/mol. The van der Waals surface area contributed by atoms with Crippen LogP contribution in [0.4, 0.5) is 4.39 Å². The van der Waals surface area contributed by atoms with Gasteiger partial charge in [-0.2, -0.15) is 0 Å². The molecule has 6 heteroatoms. The third-order valence-corrected chi connectivity index (χ3v) is 4.69. The molecule has 1 heterocycles. The molecule has 2 nitrogen and oxygen atoms in total. The lowest BCUT2D eigenvalue weighted by molar-refractivity contribution is 0.171. The minimum atomic E-state index is -0.599. The molecule has 0 saturated carbocycles. The summed E-state index contributed by atoms with van der Waals surface area (Å²) in [4.78, 5) is 0. The Morgan fingerprint density at radius 3 is 2.43 bits per heavy atom. The number of ether oxygens (including phenoxy) is 2. The van der Waals surface area contributed by atoms with Crippen molar-refractivity contribution in [1.29, 1.82) is 0 Å². The lowest BCUT2D eigenvalue weighted by Crippen LogP contribution is -2.15. The number of fused-ring (bicyclic) bond motifs is 1. The molecule has 0 fully saturated rings. The van der Waals surface area contributed by atoms with Crippen LogP contribution in [0.2, 0.25) is 5.02 Å². The van der Waals surface area contributed by atoms with Crippen molar-refractivity contribution >= 4 is 39.1 Å². The Balaban J connectivity index is 2.05. The van der Waals surface area contributed by atoms with Crippen LogP contribution in [0.3, 0.4) is 0 Å². The molecule has 0 saturated heterocycles. The first-order chi connectivity index (χ1) is 10.1. The van der Waals surface area contributed by atoms with Crippen LogP contribution in [0.5, 0.6) is 11.5 Å². The van der Waals surface area contributed by atoms with Gasteiger partial charge in [0.15, 0.2) is 11.5 Å². The van der Waals surface area contributed by atoms with Gasteiger partial charge in [-0.15, -0.1) is 11.6 Å². The van der Waals surface area contributed by atoms with E-state index in [0.717, 1.165) is 4.47 Å². The summed E-state index contributed by atoms with van der Waals surface area (Å²) < 4.78 is 25.2. The average Bonchev–Trinajstić information content (AvgIpc) is 2.48. The number of benzene rings is 2. The summed E-state index contributed by atoms with van der Waals surface area (Å²) in [5.74, 6) is 0.837. The van der Waals surface area contributed by atoms with E-state index in [1.165, 1.54) is 12.1 Å². The molecule has 1 aliphatic heterocycles. The number of hydrogen-bond acceptors (Lipinski definition) is 2. The summed E-state index contributed by atoms with van der Waals surface area (Å²) in [6.07, 6.45) is 0. The first kappa shape index (κ1) is 14.9. The molecule has 2 aromatic rings. The Kier molecular flexibility index (Phi) is 4.29. The smallest absolute Gasteiger partial charge is 0.162 e. The van der Waals surface area contributed by atoms with Crippen LogP contribution in [-0.2, 0) is 0 Å². The van der Waals surface area contributed by atoms with Crippen molar-refractivity contribution in [3.63, 3.8) is 0 Å². The number of halogens is 4. The molecule has 1 atom stereocenters. The van der Waals surface area contributed by atoms with Gasteiger partial charge in [0.25, 0.3) is 0 Å². The van der Waals surface area contributed by atoms with E-state index in [0.29, 0.717) is 40.9 Å². The first-order valence-electron chi connectivity index (χ1n) is 6.24. The molecule has 1 aliphatic rings. The molecule has 110 valence electrons. The van der Waals surface area contributed by atoms with Gasteiger partial charge in [-0.1, -0.05) is 27.5 Å². The fraction of sp³-hybridized carbons (Fsp3) is 0.200. The van der Waals surface area contributed by atoms with Crippen molar-refractivity contribution in [2.75, 3.05) is 13.2 Å². The number of alkyl halides is 1. The van der Waals surface area contributed by atoms with E-state index in [9.17, 15) is 4.39 Å². The maximum atomic E-state index is 13.4. The average molecular weight is 392 g/mol. The molecule has 2 aromatic carbocycles. The minimum absolute atomic E-state index is 0.354. The Bertz CT molecular complexity index is 694. The molecule has 1 unspecified atom stereocenters. The zero-order valence-corrected chi connectivity index (χ0v) is 13.8. The van der Waals surface area contributed by atoms with E-state index in [1.54, 1.807) is 18.2 Å². The van der Waals surface area contributed by atoms with E-state index in [-0.39, 0.29) is 5.82 Å². The standard InChI is InChI=1S/C15H10BrCl2FO2/c16-11-2-1-8(19)5-9(11)15(18)10-6-13-14(7-12(10)17)21-4-3-20-13/h1-2,5-7,15H,3-4H2. The molecule has 0 amide bonds. The quantitative estimate of drug-likeness (QED) is 0.643. The fourth-order valence-corrected chi connectivity index (χ4v) is 3.44. The summed E-state index contributed by atoms with van der Waals surface area (Å²) in [6.45, 7) is 0.965. The predicted octanol–water partition coefficient (Wildman–Crippen LogP) is 5.34. The van der Waals surface area contributed by atoms with Gasteiger partial charge in [0.1, 0.15) is 19.0 Å². The Morgan fingerprint density at radius 2 is 1.71 bits per heavy atom. The first-order valence-corrected chi connectivity index (χ1v) is 7.85. The van der Waals surface area contributed by atoms with E-state index in [2.05, 4.69) is 15.9 Å². The maximum Gasteiger partial charge on any atom is 0.162 e. The molecule has 0 N–H and O–H groups in total. The zero-order chi connectivity index (χ0) is 15.0. The lowest BCUT2D eigenvalue weighted by Gasteiger charge is -2.21. The molecule has 0 aromatic heterocycles. The van der Waals surface area contributed by atoms with Gasteiger partial charge in [-0.05, 0) is 35.4 Å². The van der Waals surface area contributed by atoms with E-state index < -0.39 is 5.38 Å². The molecule has 21 heavy (non-hydrogen) atoms. The van der Waals surface area contributed by atoms with Crippen molar-refractivity contribution in [3.8, 4) is 11.5 Å². The van der Waals surface area contributed by atoms with Crippen LogP contribution in [0, 0.1) is 5.82 Å². The monoisotopic (exact) mass is 390 g/mol. The van der Waals surface area contributed by atoms with Crippen LogP contribution >= 0.6 is 39.1 Å².